The summed E-state index contributed by atoms with van der Waals surface area (Å²) in [5, 5.41) is 14.3. The van der Waals surface area contributed by atoms with Crippen LogP contribution in [0, 0.1) is 10.1 Å². The van der Waals surface area contributed by atoms with Crippen LogP contribution in [0.1, 0.15) is 21.5 Å². The summed E-state index contributed by atoms with van der Waals surface area (Å²) in [5.41, 5.74) is 3.53. The van der Waals surface area contributed by atoms with Crippen LogP contribution in [0.4, 0.5) is 18.9 Å². The van der Waals surface area contributed by atoms with Gasteiger partial charge in [-0.15, -0.1) is 0 Å². The average Bonchev–Trinajstić information content (AvgIpc) is 2.61. The van der Waals surface area contributed by atoms with E-state index in [-0.39, 0.29) is 17.9 Å². The maximum absolute atomic E-state index is 12.0. The van der Waals surface area contributed by atoms with Gasteiger partial charge >= 0.3 is 6.18 Å². The fourth-order valence-electron chi connectivity index (χ4n) is 1.95. The molecule has 0 fully saturated rings. The van der Waals surface area contributed by atoms with Crippen molar-refractivity contribution in [3.05, 3.63) is 75.3 Å². The van der Waals surface area contributed by atoms with Crippen LogP contribution >= 0.6 is 0 Å². The van der Waals surface area contributed by atoms with E-state index in [1.165, 1.54) is 54.7 Å². The quantitative estimate of drug-likeness (QED) is 0.452. The van der Waals surface area contributed by atoms with Gasteiger partial charge in [-0.2, -0.15) is 18.3 Å². The third kappa shape index (κ3) is 6.86. The summed E-state index contributed by atoms with van der Waals surface area (Å²) in [6, 6.07) is 11.4. The van der Waals surface area contributed by atoms with Crippen molar-refractivity contribution < 1.29 is 27.6 Å². The zero-order valence-corrected chi connectivity index (χ0v) is 13.8. The van der Waals surface area contributed by atoms with Crippen molar-refractivity contribution in [3.8, 4) is 0 Å². The Morgan fingerprint density at radius 3 is 2.33 bits per heavy atom. The Bertz CT molecular complexity index is 819. The van der Waals surface area contributed by atoms with E-state index in [1.54, 1.807) is 0 Å². The first kappa shape index (κ1) is 20.0. The molecule has 1 amide bonds. The molecule has 0 aromatic heterocycles. The van der Waals surface area contributed by atoms with Crippen molar-refractivity contribution in [2.75, 3.05) is 6.61 Å². The van der Waals surface area contributed by atoms with Crippen LogP contribution in [0.5, 0.6) is 0 Å². The number of hydrazone groups is 1. The largest absolute Gasteiger partial charge is 0.411 e. The molecule has 0 heterocycles. The van der Waals surface area contributed by atoms with Gasteiger partial charge in [0.05, 0.1) is 17.7 Å². The maximum Gasteiger partial charge on any atom is 0.411 e. The SMILES string of the molecule is O=C(N/N=C/c1ccc([N+](=O)[O-])cc1)c1ccc(COCC(F)(F)F)cc1. The first-order chi connectivity index (χ1) is 12.7. The molecule has 2 aromatic carbocycles. The lowest BCUT2D eigenvalue weighted by Gasteiger charge is -2.08. The van der Waals surface area contributed by atoms with Gasteiger partial charge in [0.25, 0.3) is 11.6 Å². The summed E-state index contributed by atoms with van der Waals surface area (Å²) in [5.74, 6) is -0.518. The lowest BCUT2D eigenvalue weighted by molar-refractivity contribution is -0.384. The fraction of sp³-hybridized carbons (Fsp3) is 0.176. The summed E-state index contributed by atoms with van der Waals surface area (Å²) >= 11 is 0. The number of carbonyl (C=O) groups is 1. The Balaban J connectivity index is 1.85. The molecule has 2 rings (SSSR count). The van der Waals surface area contributed by atoms with E-state index in [0.717, 1.165) is 0 Å². The average molecular weight is 381 g/mol. The number of amides is 1. The van der Waals surface area contributed by atoms with Crippen molar-refractivity contribution in [1.29, 1.82) is 0 Å². The molecule has 0 spiro atoms. The number of hydrogen-bond acceptors (Lipinski definition) is 5. The van der Waals surface area contributed by atoms with Gasteiger partial charge in [0.2, 0.25) is 0 Å². The second-order valence-electron chi connectivity index (χ2n) is 5.35. The number of hydrogen-bond donors (Lipinski definition) is 1. The number of rotatable bonds is 7. The number of nitrogens with one attached hydrogen (secondary N) is 1. The lowest BCUT2D eigenvalue weighted by Crippen LogP contribution is -2.18. The van der Waals surface area contributed by atoms with Crippen LogP contribution < -0.4 is 5.43 Å². The van der Waals surface area contributed by atoms with Crippen LogP contribution in [0.2, 0.25) is 0 Å². The van der Waals surface area contributed by atoms with Crippen molar-refractivity contribution in [2.24, 2.45) is 5.10 Å². The maximum atomic E-state index is 12.0. The smallest absolute Gasteiger partial charge is 0.367 e. The summed E-state index contributed by atoms with van der Waals surface area (Å²) in [4.78, 5) is 22.0. The molecule has 0 aliphatic heterocycles. The number of nitro benzene ring substituents is 1. The predicted octanol–water partition coefficient (Wildman–Crippen LogP) is 3.44. The van der Waals surface area contributed by atoms with Crippen LogP contribution in [-0.4, -0.2) is 29.8 Å². The molecule has 0 saturated carbocycles. The fourth-order valence-corrected chi connectivity index (χ4v) is 1.95. The first-order valence-electron chi connectivity index (χ1n) is 7.56. The van der Waals surface area contributed by atoms with Gasteiger partial charge in [-0.05, 0) is 35.4 Å². The van der Waals surface area contributed by atoms with Crippen LogP contribution in [0.25, 0.3) is 0 Å². The van der Waals surface area contributed by atoms with E-state index >= 15 is 0 Å². The second-order valence-corrected chi connectivity index (χ2v) is 5.35. The van der Waals surface area contributed by atoms with E-state index in [4.69, 9.17) is 0 Å². The summed E-state index contributed by atoms with van der Waals surface area (Å²) in [6.45, 7) is -1.56. The van der Waals surface area contributed by atoms with Crippen molar-refractivity contribution in [3.63, 3.8) is 0 Å². The number of halogens is 3. The van der Waals surface area contributed by atoms with Crippen LogP contribution in [-0.2, 0) is 11.3 Å². The summed E-state index contributed by atoms with van der Waals surface area (Å²) < 4.78 is 40.5. The molecule has 0 aliphatic rings. The van der Waals surface area contributed by atoms with E-state index in [1.807, 2.05) is 0 Å². The molecule has 2 aromatic rings. The third-order valence-electron chi connectivity index (χ3n) is 3.23. The molecular weight excluding hydrogens is 367 g/mol. The normalized spacial score (nSPS) is 11.5. The minimum Gasteiger partial charge on any atom is -0.367 e. The van der Waals surface area contributed by atoms with Gasteiger partial charge in [0.1, 0.15) is 6.61 Å². The lowest BCUT2D eigenvalue weighted by atomic mass is 10.1. The summed E-state index contributed by atoms with van der Waals surface area (Å²) in [6.07, 6.45) is -3.07. The Morgan fingerprint density at radius 2 is 1.78 bits per heavy atom. The van der Waals surface area contributed by atoms with Crippen molar-refractivity contribution in [1.82, 2.24) is 5.43 Å². The minimum atomic E-state index is -4.39. The van der Waals surface area contributed by atoms with E-state index in [9.17, 15) is 28.1 Å². The van der Waals surface area contributed by atoms with Crippen molar-refractivity contribution in [2.45, 2.75) is 12.8 Å². The van der Waals surface area contributed by atoms with Gasteiger partial charge in [-0.3, -0.25) is 14.9 Å². The van der Waals surface area contributed by atoms with Gasteiger partial charge < -0.3 is 4.74 Å². The second kappa shape index (κ2) is 8.90. The number of non-ortho nitro benzene ring substituents is 1. The number of nitro groups is 1. The zero-order valence-electron chi connectivity index (χ0n) is 13.8. The molecule has 0 radical (unpaired) electrons. The number of nitrogens with zero attached hydrogens (tertiary/aromatic N) is 2. The van der Waals surface area contributed by atoms with E-state index < -0.39 is 23.6 Å². The highest BCUT2D eigenvalue weighted by Crippen LogP contribution is 2.16. The number of ether oxygens (including phenoxy) is 1. The Morgan fingerprint density at radius 1 is 1.15 bits per heavy atom. The molecule has 0 saturated heterocycles. The predicted molar refractivity (Wildman–Crippen MR) is 90.3 cm³/mol. The molecule has 142 valence electrons. The first-order valence-corrected chi connectivity index (χ1v) is 7.56. The van der Waals surface area contributed by atoms with Gasteiger partial charge in [0, 0.05) is 17.7 Å². The molecule has 10 heteroatoms. The molecule has 0 aliphatic carbocycles. The van der Waals surface area contributed by atoms with Crippen molar-refractivity contribution >= 4 is 17.8 Å². The highest BCUT2D eigenvalue weighted by molar-refractivity contribution is 5.94. The van der Waals surface area contributed by atoms with Gasteiger partial charge in [-0.25, -0.2) is 5.43 Å². The third-order valence-corrected chi connectivity index (χ3v) is 3.23. The van der Waals surface area contributed by atoms with E-state index in [2.05, 4.69) is 15.3 Å². The van der Waals surface area contributed by atoms with Gasteiger partial charge in [-0.1, -0.05) is 12.1 Å². The summed E-state index contributed by atoms with van der Waals surface area (Å²) in [7, 11) is 0. The molecule has 1 N–H and O–H groups in total. The minimum absolute atomic E-state index is 0.0597. The Labute approximate surface area is 151 Å². The molecule has 0 atom stereocenters. The van der Waals surface area contributed by atoms with E-state index in [0.29, 0.717) is 11.1 Å². The Kier molecular flexibility index (Phi) is 6.61. The topological polar surface area (TPSA) is 93.8 Å². The molecular formula is C17H14F3N3O4. The monoisotopic (exact) mass is 381 g/mol. The Hall–Kier alpha value is -3.27. The zero-order chi connectivity index (χ0) is 19.9. The van der Waals surface area contributed by atoms with Crippen LogP contribution in [0.15, 0.2) is 53.6 Å². The molecule has 7 nitrogen and oxygen atoms in total. The van der Waals surface area contributed by atoms with Gasteiger partial charge in [0.15, 0.2) is 0 Å². The number of carbonyl (C=O) groups excluding carboxylic acids is 1. The number of alkyl halides is 3. The van der Waals surface area contributed by atoms with Crippen LogP contribution in [0.3, 0.4) is 0 Å². The highest BCUT2D eigenvalue weighted by Gasteiger charge is 2.27. The highest BCUT2D eigenvalue weighted by atomic mass is 19.4. The molecule has 27 heavy (non-hydrogen) atoms. The number of benzene rings is 2. The molecule has 0 unspecified atom stereocenters. The standard InChI is InChI=1S/C17H14F3N3O4/c18-17(19,20)11-27-10-13-1-5-14(6-2-13)16(24)22-21-9-12-3-7-15(8-4-12)23(25)26/h1-9H,10-11H2,(H,22,24)/b21-9+. The molecule has 0 bridgehead atoms.